The molecule has 0 saturated carbocycles. The van der Waals surface area contributed by atoms with Crippen molar-refractivity contribution in [2.45, 2.75) is 24.9 Å². The molecule has 5 rings (SSSR count). The highest BCUT2D eigenvalue weighted by molar-refractivity contribution is 8.18. The molecular weight excluding hydrogens is 574 g/mol. The lowest BCUT2D eigenvalue weighted by Gasteiger charge is -2.33. The molecule has 2 amide bonds. The smallest absolute Gasteiger partial charge is 0.358 e. The molecule has 1 atom stereocenters. The van der Waals surface area contributed by atoms with E-state index in [9.17, 15) is 35.9 Å². The number of piperazine rings is 1. The van der Waals surface area contributed by atoms with Crippen LogP contribution in [-0.2, 0) is 28.5 Å². The number of fused-ring (bicyclic) bond motifs is 1. The molecule has 216 valence electrons. The number of alkyl halides is 6. The Kier molecular flexibility index (Phi) is 7.59. The van der Waals surface area contributed by atoms with Crippen LogP contribution >= 0.6 is 11.8 Å². The number of nitrogens with zero attached hydrogens (tertiary/aromatic N) is 4. The molecule has 8 nitrogen and oxygen atoms in total. The summed E-state index contributed by atoms with van der Waals surface area (Å²) in [6.45, 7) is 1.07. The van der Waals surface area contributed by atoms with Gasteiger partial charge in [0.1, 0.15) is 6.04 Å². The largest absolute Gasteiger partial charge is 0.416 e. The fourth-order valence-corrected chi connectivity index (χ4v) is 5.54. The Balaban J connectivity index is 1.35. The summed E-state index contributed by atoms with van der Waals surface area (Å²) in [6.07, 6.45) is -6.83. The van der Waals surface area contributed by atoms with Gasteiger partial charge >= 0.3 is 12.4 Å². The second-order valence-corrected chi connectivity index (χ2v) is 10.4. The van der Waals surface area contributed by atoms with Gasteiger partial charge in [0.15, 0.2) is 5.17 Å². The van der Waals surface area contributed by atoms with E-state index in [1.165, 1.54) is 22.6 Å². The normalized spacial score (nSPS) is 19.2. The molecule has 1 fully saturated rings. The molecule has 0 bridgehead atoms. The number of aliphatic imine (C=N–C) groups is 1. The lowest BCUT2D eigenvalue weighted by molar-refractivity contribution is -0.143. The van der Waals surface area contributed by atoms with Gasteiger partial charge < -0.3 is 15.5 Å². The Morgan fingerprint density at radius 1 is 1.15 bits per heavy atom. The highest BCUT2D eigenvalue weighted by atomic mass is 32.2. The number of likely N-dealkylation sites (N-methyl/N-ethyl adjacent to an activating group) is 1. The summed E-state index contributed by atoms with van der Waals surface area (Å²) in [5, 5.41) is 10.9. The number of amidine groups is 1. The summed E-state index contributed by atoms with van der Waals surface area (Å²) in [7, 11) is 1.55. The fourth-order valence-electron chi connectivity index (χ4n) is 4.60. The van der Waals surface area contributed by atoms with E-state index in [4.69, 9.17) is 0 Å². The number of amides is 2. The summed E-state index contributed by atoms with van der Waals surface area (Å²) < 4.78 is 81.1. The Hall–Kier alpha value is -3.85. The molecule has 2 aliphatic rings. The lowest BCUT2D eigenvalue weighted by Crippen LogP contribution is -2.57. The van der Waals surface area contributed by atoms with Gasteiger partial charge in [-0.1, -0.05) is 12.1 Å². The third-order valence-electron chi connectivity index (χ3n) is 6.64. The number of hydrogen-bond acceptors (Lipinski definition) is 6. The predicted octanol–water partition coefficient (Wildman–Crippen LogP) is 4.11. The first kappa shape index (κ1) is 28.7. The first-order chi connectivity index (χ1) is 19.3. The van der Waals surface area contributed by atoms with Crippen molar-refractivity contribution in [3.63, 3.8) is 0 Å². The molecule has 2 N–H and O–H groups in total. The average molecular weight is 597 g/mol. The summed E-state index contributed by atoms with van der Waals surface area (Å²) in [5.74, 6) is -0.597. The average Bonchev–Trinajstić information content (AvgIpc) is 3.49. The van der Waals surface area contributed by atoms with Gasteiger partial charge in [0.2, 0.25) is 5.91 Å². The third kappa shape index (κ3) is 6.10. The SMILES string of the molecule is CNC(=O)[C@H]1CN(C2=NC(=O)C(=Cc3ccc4c(cnn4Cc4ccc(C(F)(F)F)cc4C(F)(F)F)c3)S2)CCN1. The monoisotopic (exact) mass is 596 g/mol. The van der Waals surface area contributed by atoms with Gasteiger partial charge in [0.05, 0.1) is 34.3 Å². The van der Waals surface area contributed by atoms with Crippen LogP contribution in [0.15, 0.2) is 52.5 Å². The van der Waals surface area contributed by atoms with Gasteiger partial charge in [0.25, 0.3) is 5.91 Å². The van der Waals surface area contributed by atoms with Crippen molar-refractivity contribution in [1.29, 1.82) is 0 Å². The zero-order chi connectivity index (χ0) is 29.5. The van der Waals surface area contributed by atoms with Crippen molar-refractivity contribution >= 4 is 45.7 Å². The van der Waals surface area contributed by atoms with E-state index < -0.39 is 42.0 Å². The van der Waals surface area contributed by atoms with E-state index in [-0.39, 0.29) is 17.5 Å². The summed E-state index contributed by atoms with van der Waals surface area (Å²) in [4.78, 5) is 31.0. The summed E-state index contributed by atoms with van der Waals surface area (Å²) >= 11 is 1.18. The standard InChI is InChI=1S/C26H22F6N6O2S/c1-33-22(39)19-13-37(7-6-34-19)24-36-23(40)21(41-24)9-14-2-5-20-16(8-14)11-35-38(20)12-15-3-4-17(25(27,28)29)10-18(15)26(30,31)32/h2-5,8-11,19,34H,6-7,12-13H2,1H3,(H,33,39)/t19-/m1/s1. The van der Waals surface area contributed by atoms with Crippen LogP contribution in [0.25, 0.3) is 17.0 Å². The van der Waals surface area contributed by atoms with Gasteiger partial charge in [-0.15, -0.1) is 0 Å². The van der Waals surface area contributed by atoms with Crippen LogP contribution in [0.3, 0.4) is 0 Å². The quantitative estimate of drug-likeness (QED) is 0.348. The van der Waals surface area contributed by atoms with Crippen LogP contribution in [-0.4, -0.2) is 64.4 Å². The molecule has 15 heteroatoms. The molecule has 3 aromatic rings. The Morgan fingerprint density at radius 3 is 2.63 bits per heavy atom. The molecule has 1 saturated heterocycles. The lowest BCUT2D eigenvalue weighted by atomic mass is 10.0. The highest BCUT2D eigenvalue weighted by Crippen LogP contribution is 2.38. The number of carbonyl (C=O) groups excluding carboxylic acids is 2. The summed E-state index contributed by atoms with van der Waals surface area (Å²) in [6, 6.07) is 6.07. The van der Waals surface area contributed by atoms with Crippen LogP contribution in [0, 0.1) is 0 Å². The zero-order valence-electron chi connectivity index (χ0n) is 21.3. The maximum Gasteiger partial charge on any atom is 0.416 e. The zero-order valence-corrected chi connectivity index (χ0v) is 22.1. The van der Waals surface area contributed by atoms with Gasteiger partial charge in [0, 0.05) is 32.1 Å². The van der Waals surface area contributed by atoms with E-state index in [1.807, 2.05) is 4.90 Å². The number of carbonyl (C=O) groups is 2. The maximum atomic E-state index is 13.6. The van der Waals surface area contributed by atoms with Crippen LogP contribution in [0.5, 0.6) is 0 Å². The van der Waals surface area contributed by atoms with Crippen LogP contribution in [0.2, 0.25) is 0 Å². The molecule has 0 spiro atoms. The molecule has 41 heavy (non-hydrogen) atoms. The van der Waals surface area contributed by atoms with Crippen molar-refractivity contribution in [3.8, 4) is 0 Å². The molecule has 0 aliphatic carbocycles. The Morgan fingerprint density at radius 2 is 1.93 bits per heavy atom. The maximum absolute atomic E-state index is 13.6. The Labute approximate surface area is 233 Å². The number of thioether (sulfide) groups is 1. The van der Waals surface area contributed by atoms with E-state index in [0.717, 1.165) is 6.07 Å². The van der Waals surface area contributed by atoms with E-state index in [0.29, 0.717) is 52.2 Å². The molecule has 0 radical (unpaired) electrons. The van der Waals surface area contributed by atoms with Crippen LogP contribution < -0.4 is 10.6 Å². The molecule has 1 aromatic heterocycles. The molecule has 3 heterocycles. The van der Waals surface area contributed by atoms with E-state index in [2.05, 4.69) is 20.7 Å². The van der Waals surface area contributed by atoms with Gasteiger partial charge in [-0.2, -0.15) is 36.4 Å². The number of benzene rings is 2. The van der Waals surface area contributed by atoms with Crippen molar-refractivity contribution in [2.24, 2.45) is 4.99 Å². The molecule has 2 aliphatic heterocycles. The minimum atomic E-state index is -4.99. The van der Waals surface area contributed by atoms with Gasteiger partial charge in [-0.25, -0.2) is 0 Å². The van der Waals surface area contributed by atoms with Crippen molar-refractivity contribution in [2.75, 3.05) is 26.7 Å². The number of rotatable bonds is 4. The number of nitrogens with one attached hydrogen (secondary N) is 2. The van der Waals surface area contributed by atoms with Crippen molar-refractivity contribution in [3.05, 3.63) is 69.8 Å². The highest BCUT2D eigenvalue weighted by Gasteiger charge is 2.38. The predicted molar refractivity (Wildman–Crippen MR) is 141 cm³/mol. The second kappa shape index (κ2) is 10.9. The minimum absolute atomic E-state index is 0.108. The molecule has 0 unspecified atom stereocenters. The Bertz CT molecular complexity index is 1580. The van der Waals surface area contributed by atoms with Crippen molar-refractivity contribution < 1.29 is 35.9 Å². The van der Waals surface area contributed by atoms with Crippen LogP contribution in [0.1, 0.15) is 22.3 Å². The van der Waals surface area contributed by atoms with Gasteiger partial charge in [-0.3, -0.25) is 14.3 Å². The number of hydrogen-bond donors (Lipinski definition) is 2. The molecule has 2 aromatic carbocycles. The third-order valence-corrected chi connectivity index (χ3v) is 7.69. The topological polar surface area (TPSA) is 91.6 Å². The van der Waals surface area contributed by atoms with E-state index >= 15 is 0 Å². The number of halogens is 6. The second-order valence-electron chi connectivity index (χ2n) is 9.37. The fraction of sp³-hybridized carbons (Fsp3) is 0.308. The summed E-state index contributed by atoms with van der Waals surface area (Å²) in [5.41, 5.74) is -2.03. The van der Waals surface area contributed by atoms with E-state index in [1.54, 1.807) is 31.3 Å². The first-order valence-corrected chi connectivity index (χ1v) is 13.1. The van der Waals surface area contributed by atoms with Crippen molar-refractivity contribution in [1.82, 2.24) is 25.3 Å². The van der Waals surface area contributed by atoms with Crippen LogP contribution in [0.4, 0.5) is 26.3 Å². The number of aromatic nitrogens is 2. The first-order valence-electron chi connectivity index (χ1n) is 12.3. The minimum Gasteiger partial charge on any atom is -0.358 e. The molecular formula is C26H22F6N6O2S. The van der Waals surface area contributed by atoms with Gasteiger partial charge in [-0.05, 0) is 53.2 Å².